The largest absolute Gasteiger partial charge is 0.370 e. The van der Waals surface area contributed by atoms with E-state index in [2.05, 4.69) is 24.1 Å². The first-order chi connectivity index (χ1) is 6.64. The molecule has 0 saturated carbocycles. The predicted octanol–water partition coefficient (Wildman–Crippen LogP) is 1.87. The molecular weight excluding hydrogens is 174 g/mol. The third kappa shape index (κ3) is 3.75. The summed E-state index contributed by atoms with van der Waals surface area (Å²) in [5.74, 6) is 0.928. The van der Waals surface area contributed by atoms with Crippen molar-refractivity contribution in [2.24, 2.45) is 11.1 Å². The van der Waals surface area contributed by atoms with Crippen molar-refractivity contribution in [3.8, 4) is 0 Å². The third-order valence-electron chi connectivity index (χ3n) is 2.23. The van der Waals surface area contributed by atoms with Gasteiger partial charge in [0.1, 0.15) is 5.82 Å². The quantitative estimate of drug-likeness (QED) is 0.750. The molecule has 1 heterocycles. The van der Waals surface area contributed by atoms with E-state index >= 15 is 0 Å². The Labute approximate surface area is 85.7 Å². The number of aromatic nitrogens is 1. The molecule has 0 aliphatic heterocycles. The summed E-state index contributed by atoms with van der Waals surface area (Å²) >= 11 is 0. The first-order valence-corrected chi connectivity index (χ1v) is 4.99. The van der Waals surface area contributed by atoms with Crippen molar-refractivity contribution in [2.75, 3.05) is 18.4 Å². The zero-order valence-electron chi connectivity index (χ0n) is 8.96. The van der Waals surface area contributed by atoms with Crippen molar-refractivity contribution >= 4 is 5.82 Å². The fraction of sp³-hybridized carbons (Fsp3) is 0.545. The fourth-order valence-electron chi connectivity index (χ4n) is 1.28. The van der Waals surface area contributed by atoms with Crippen LogP contribution < -0.4 is 11.1 Å². The lowest BCUT2D eigenvalue weighted by Crippen LogP contribution is -2.26. The molecule has 1 aromatic rings. The first-order valence-electron chi connectivity index (χ1n) is 4.99. The Hall–Kier alpha value is -1.09. The molecular formula is C11H19N3. The topological polar surface area (TPSA) is 50.9 Å². The maximum atomic E-state index is 5.54. The highest BCUT2D eigenvalue weighted by atomic mass is 15.0. The van der Waals surface area contributed by atoms with Crippen LogP contribution in [0.1, 0.15) is 20.3 Å². The molecule has 0 aromatic carbocycles. The van der Waals surface area contributed by atoms with E-state index in [0.717, 1.165) is 25.3 Å². The van der Waals surface area contributed by atoms with Crippen molar-refractivity contribution < 1.29 is 0 Å². The van der Waals surface area contributed by atoms with E-state index in [9.17, 15) is 0 Å². The SMILES string of the molecule is CC(C)(CCN)CNc1ccccn1. The highest BCUT2D eigenvalue weighted by Crippen LogP contribution is 2.19. The van der Waals surface area contributed by atoms with Crippen LogP contribution in [0.15, 0.2) is 24.4 Å². The van der Waals surface area contributed by atoms with Crippen LogP contribution in [0.3, 0.4) is 0 Å². The summed E-state index contributed by atoms with van der Waals surface area (Å²) in [5.41, 5.74) is 5.77. The number of pyridine rings is 1. The Balaban J connectivity index is 2.40. The van der Waals surface area contributed by atoms with E-state index in [0.29, 0.717) is 0 Å². The van der Waals surface area contributed by atoms with Crippen LogP contribution in [-0.4, -0.2) is 18.1 Å². The number of nitrogens with one attached hydrogen (secondary N) is 1. The molecule has 0 spiro atoms. The van der Waals surface area contributed by atoms with Gasteiger partial charge in [-0.3, -0.25) is 0 Å². The lowest BCUT2D eigenvalue weighted by atomic mass is 9.89. The molecule has 1 aromatic heterocycles. The van der Waals surface area contributed by atoms with E-state index in [1.807, 2.05) is 18.2 Å². The maximum Gasteiger partial charge on any atom is 0.125 e. The van der Waals surface area contributed by atoms with Gasteiger partial charge in [-0.25, -0.2) is 4.98 Å². The molecule has 0 amide bonds. The molecule has 0 radical (unpaired) electrons. The lowest BCUT2D eigenvalue weighted by molar-refractivity contribution is 0.365. The Morgan fingerprint density at radius 1 is 1.43 bits per heavy atom. The minimum absolute atomic E-state index is 0.228. The number of hydrogen-bond acceptors (Lipinski definition) is 3. The molecule has 1 rings (SSSR count). The molecule has 0 unspecified atom stereocenters. The molecule has 0 fully saturated rings. The first kappa shape index (κ1) is 11.0. The summed E-state index contributed by atoms with van der Waals surface area (Å²) in [6.07, 6.45) is 2.81. The summed E-state index contributed by atoms with van der Waals surface area (Å²) in [4.78, 5) is 4.20. The van der Waals surface area contributed by atoms with Gasteiger partial charge in [0.25, 0.3) is 0 Å². The lowest BCUT2D eigenvalue weighted by Gasteiger charge is -2.24. The fourth-order valence-corrected chi connectivity index (χ4v) is 1.28. The molecule has 3 heteroatoms. The Morgan fingerprint density at radius 3 is 2.79 bits per heavy atom. The molecule has 3 N–H and O–H groups in total. The molecule has 0 atom stereocenters. The highest BCUT2D eigenvalue weighted by Gasteiger charge is 2.16. The van der Waals surface area contributed by atoms with Crippen molar-refractivity contribution in [1.82, 2.24) is 4.98 Å². The van der Waals surface area contributed by atoms with Crippen LogP contribution >= 0.6 is 0 Å². The Morgan fingerprint density at radius 2 is 2.21 bits per heavy atom. The predicted molar refractivity (Wildman–Crippen MR) is 60.2 cm³/mol. The highest BCUT2D eigenvalue weighted by molar-refractivity contribution is 5.33. The normalized spacial score (nSPS) is 11.4. The molecule has 14 heavy (non-hydrogen) atoms. The number of nitrogens with zero attached hydrogens (tertiary/aromatic N) is 1. The molecule has 3 nitrogen and oxygen atoms in total. The van der Waals surface area contributed by atoms with Crippen LogP contribution in [0.25, 0.3) is 0 Å². The van der Waals surface area contributed by atoms with Gasteiger partial charge < -0.3 is 11.1 Å². The van der Waals surface area contributed by atoms with Crippen molar-refractivity contribution in [3.05, 3.63) is 24.4 Å². The summed E-state index contributed by atoms with van der Waals surface area (Å²) in [6.45, 7) is 6.05. The summed E-state index contributed by atoms with van der Waals surface area (Å²) in [6, 6.07) is 5.86. The van der Waals surface area contributed by atoms with Crippen LogP contribution in [0.2, 0.25) is 0 Å². The number of rotatable bonds is 5. The van der Waals surface area contributed by atoms with E-state index in [4.69, 9.17) is 5.73 Å². The van der Waals surface area contributed by atoms with E-state index in [-0.39, 0.29) is 5.41 Å². The second-order valence-electron chi connectivity index (χ2n) is 4.27. The smallest absolute Gasteiger partial charge is 0.125 e. The Bertz CT molecular complexity index is 256. The third-order valence-corrected chi connectivity index (χ3v) is 2.23. The number of hydrogen-bond donors (Lipinski definition) is 2. The van der Waals surface area contributed by atoms with E-state index < -0.39 is 0 Å². The minimum atomic E-state index is 0.228. The molecule has 78 valence electrons. The van der Waals surface area contributed by atoms with Gasteiger partial charge in [-0.2, -0.15) is 0 Å². The van der Waals surface area contributed by atoms with Gasteiger partial charge in [0.05, 0.1) is 0 Å². The van der Waals surface area contributed by atoms with Crippen LogP contribution in [0, 0.1) is 5.41 Å². The zero-order chi connectivity index (χ0) is 10.4. The minimum Gasteiger partial charge on any atom is -0.370 e. The standard InChI is InChI=1S/C11H19N3/c1-11(2,6-7-12)9-14-10-5-3-4-8-13-10/h3-5,8H,6-7,9,12H2,1-2H3,(H,13,14). The second-order valence-corrected chi connectivity index (χ2v) is 4.27. The van der Waals surface area contributed by atoms with Gasteiger partial charge in [-0.05, 0) is 30.5 Å². The summed E-state index contributed by atoms with van der Waals surface area (Å²) in [5, 5.41) is 3.30. The molecule has 0 bridgehead atoms. The van der Waals surface area contributed by atoms with Crippen LogP contribution in [-0.2, 0) is 0 Å². The van der Waals surface area contributed by atoms with Crippen LogP contribution in [0.4, 0.5) is 5.82 Å². The van der Waals surface area contributed by atoms with Gasteiger partial charge in [-0.15, -0.1) is 0 Å². The second kappa shape index (κ2) is 4.96. The van der Waals surface area contributed by atoms with Crippen molar-refractivity contribution in [2.45, 2.75) is 20.3 Å². The van der Waals surface area contributed by atoms with Gasteiger partial charge in [0.2, 0.25) is 0 Å². The van der Waals surface area contributed by atoms with E-state index in [1.54, 1.807) is 6.20 Å². The number of nitrogens with two attached hydrogens (primary N) is 1. The number of anilines is 1. The average Bonchev–Trinajstić information content (AvgIpc) is 2.17. The molecule has 0 aliphatic rings. The molecule has 0 aliphatic carbocycles. The van der Waals surface area contributed by atoms with Crippen molar-refractivity contribution in [3.63, 3.8) is 0 Å². The summed E-state index contributed by atoms with van der Waals surface area (Å²) in [7, 11) is 0. The van der Waals surface area contributed by atoms with Gasteiger partial charge in [0.15, 0.2) is 0 Å². The monoisotopic (exact) mass is 193 g/mol. The van der Waals surface area contributed by atoms with Gasteiger partial charge in [-0.1, -0.05) is 19.9 Å². The van der Waals surface area contributed by atoms with Gasteiger partial charge >= 0.3 is 0 Å². The van der Waals surface area contributed by atoms with E-state index in [1.165, 1.54) is 0 Å². The van der Waals surface area contributed by atoms with Crippen LogP contribution in [0.5, 0.6) is 0 Å². The van der Waals surface area contributed by atoms with Crippen molar-refractivity contribution in [1.29, 1.82) is 0 Å². The van der Waals surface area contributed by atoms with Gasteiger partial charge in [0, 0.05) is 12.7 Å². The summed E-state index contributed by atoms with van der Waals surface area (Å²) < 4.78 is 0. The Kier molecular flexibility index (Phi) is 3.89. The zero-order valence-corrected chi connectivity index (χ0v) is 8.96. The maximum absolute atomic E-state index is 5.54. The average molecular weight is 193 g/mol. The molecule has 0 saturated heterocycles.